The first-order chi connectivity index (χ1) is 5.13. The van der Waals surface area contributed by atoms with Crippen molar-refractivity contribution in [3.05, 3.63) is 12.3 Å². The van der Waals surface area contributed by atoms with Crippen molar-refractivity contribution >= 4 is 0 Å². The summed E-state index contributed by atoms with van der Waals surface area (Å²) in [6.07, 6.45) is 1.16. The molecule has 2 heteroatoms. The predicted molar refractivity (Wildman–Crippen MR) is 50.6 cm³/mol. The van der Waals surface area contributed by atoms with Gasteiger partial charge >= 0.3 is 0 Å². The molecular formula is C9H20N2. The molecule has 0 spiro atoms. The van der Waals surface area contributed by atoms with E-state index in [9.17, 15) is 0 Å². The Labute approximate surface area is 70.1 Å². The summed E-state index contributed by atoms with van der Waals surface area (Å²) in [5.41, 5.74) is 1.05. The van der Waals surface area contributed by atoms with Crippen molar-refractivity contribution in [3.8, 4) is 0 Å². The lowest BCUT2D eigenvalue weighted by atomic mass is 10.3. The lowest BCUT2D eigenvalue weighted by molar-refractivity contribution is 0.561. The van der Waals surface area contributed by atoms with Crippen molar-refractivity contribution in [2.45, 2.75) is 33.2 Å². The van der Waals surface area contributed by atoms with E-state index >= 15 is 0 Å². The highest BCUT2D eigenvalue weighted by Gasteiger charge is 1.90. The summed E-state index contributed by atoms with van der Waals surface area (Å²) < 4.78 is 0. The van der Waals surface area contributed by atoms with Gasteiger partial charge in [0.05, 0.1) is 0 Å². The van der Waals surface area contributed by atoms with E-state index in [0.29, 0.717) is 6.04 Å². The summed E-state index contributed by atoms with van der Waals surface area (Å²) >= 11 is 0. The first kappa shape index (κ1) is 10.5. The molecule has 0 heterocycles. The van der Waals surface area contributed by atoms with Crippen molar-refractivity contribution < 1.29 is 0 Å². The second kappa shape index (κ2) is 6.23. The Bertz CT molecular complexity index is 108. The van der Waals surface area contributed by atoms with E-state index in [0.717, 1.165) is 25.2 Å². The number of allylic oxidation sites excluding steroid dienone is 1. The Morgan fingerprint density at radius 2 is 2.00 bits per heavy atom. The summed E-state index contributed by atoms with van der Waals surface area (Å²) in [4.78, 5) is 0. The highest BCUT2D eigenvalue weighted by molar-refractivity contribution is 4.83. The van der Waals surface area contributed by atoms with E-state index in [1.54, 1.807) is 0 Å². The van der Waals surface area contributed by atoms with Gasteiger partial charge in [0, 0.05) is 18.3 Å². The third-order valence-corrected chi connectivity index (χ3v) is 1.33. The van der Waals surface area contributed by atoms with Crippen molar-refractivity contribution in [3.63, 3.8) is 0 Å². The Balaban J connectivity index is 2.97. The van der Waals surface area contributed by atoms with Gasteiger partial charge in [0.15, 0.2) is 0 Å². The van der Waals surface area contributed by atoms with Crippen LogP contribution in [0.4, 0.5) is 0 Å². The zero-order chi connectivity index (χ0) is 8.69. The number of nitrogens with one attached hydrogen (secondary N) is 2. The van der Waals surface area contributed by atoms with Gasteiger partial charge in [-0.15, -0.1) is 0 Å². The molecule has 11 heavy (non-hydrogen) atoms. The summed E-state index contributed by atoms with van der Waals surface area (Å²) in [6.45, 7) is 12.2. The minimum atomic E-state index is 0.597. The minimum Gasteiger partial charge on any atom is -0.389 e. The maximum absolute atomic E-state index is 3.76. The summed E-state index contributed by atoms with van der Waals surface area (Å²) in [5.74, 6) is 0. The number of rotatable bonds is 6. The fourth-order valence-electron chi connectivity index (χ4n) is 0.781. The first-order valence-electron chi connectivity index (χ1n) is 4.25. The van der Waals surface area contributed by atoms with Crippen LogP contribution in [0.15, 0.2) is 12.3 Å². The van der Waals surface area contributed by atoms with Crippen LogP contribution < -0.4 is 10.6 Å². The van der Waals surface area contributed by atoms with Crippen LogP contribution in [0.2, 0.25) is 0 Å². The maximum Gasteiger partial charge on any atom is 0.0155 e. The fourth-order valence-corrected chi connectivity index (χ4v) is 0.781. The lowest BCUT2D eigenvalue weighted by Crippen LogP contribution is -2.26. The Morgan fingerprint density at radius 1 is 1.36 bits per heavy atom. The largest absolute Gasteiger partial charge is 0.389 e. The van der Waals surface area contributed by atoms with Crippen molar-refractivity contribution in [1.29, 1.82) is 0 Å². The van der Waals surface area contributed by atoms with Gasteiger partial charge in [-0.25, -0.2) is 0 Å². The molecule has 66 valence electrons. The van der Waals surface area contributed by atoms with Crippen LogP contribution in [0, 0.1) is 0 Å². The van der Waals surface area contributed by atoms with Crippen LogP contribution in [0.25, 0.3) is 0 Å². The van der Waals surface area contributed by atoms with Crippen LogP contribution in [0.5, 0.6) is 0 Å². The zero-order valence-corrected chi connectivity index (χ0v) is 7.91. The summed E-state index contributed by atoms with van der Waals surface area (Å²) in [7, 11) is 0. The van der Waals surface area contributed by atoms with Crippen molar-refractivity contribution in [2.24, 2.45) is 0 Å². The van der Waals surface area contributed by atoms with Crippen molar-refractivity contribution in [1.82, 2.24) is 10.6 Å². The van der Waals surface area contributed by atoms with Crippen LogP contribution in [-0.2, 0) is 0 Å². The Kier molecular flexibility index (Phi) is 5.94. The molecule has 0 amide bonds. The molecule has 0 unspecified atom stereocenters. The molecule has 0 rings (SSSR count). The van der Waals surface area contributed by atoms with Crippen LogP contribution >= 0.6 is 0 Å². The topological polar surface area (TPSA) is 24.1 Å². The third kappa shape index (κ3) is 9.50. The molecule has 0 fully saturated rings. The quantitative estimate of drug-likeness (QED) is 0.569. The standard InChI is InChI=1S/C9H20N2/c1-8(2)10-6-5-7-11-9(3)4/h9-11H,1,5-7H2,2-4H3. The average Bonchev–Trinajstić information content (AvgIpc) is 1.85. The normalized spacial score (nSPS) is 10.2. The summed E-state index contributed by atoms with van der Waals surface area (Å²) in [6, 6.07) is 0.597. The van der Waals surface area contributed by atoms with Gasteiger partial charge in [-0.1, -0.05) is 20.4 Å². The molecule has 0 saturated heterocycles. The monoisotopic (exact) mass is 156 g/mol. The first-order valence-corrected chi connectivity index (χ1v) is 4.25. The van der Waals surface area contributed by atoms with E-state index in [1.165, 1.54) is 0 Å². The SMILES string of the molecule is C=C(C)NCCCNC(C)C. The van der Waals surface area contributed by atoms with E-state index in [1.807, 2.05) is 6.92 Å². The molecule has 0 bridgehead atoms. The zero-order valence-electron chi connectivity index (χ0n) is 7.91. The lowest BCUT2D eigenvalue weighted by Gasteiger charge is -2.08. The van der Waals surface area contributed by atoms with Gasteiger partial charge in [0.25, 0.3) is 0 Å². The Hall–Kier alpha value is -0.500. The molecule has 0 aliphatic heterocycles. The predicted octanol–water partition coefficient (Wildman–Crippen LogP) is 1.50. The number of hydrogen-bond donors (Lipinski definition) is 2. The van der Waals surface area contributed by atoms with Gasteiger partial charge in [-0.05, 0) is 19.9 Å². The van der Waals surface area contributed by atoms with Gasteiger partial charge in [0.1, 0.15) is 0 Å². The van der Waals surface area contributed by atoms with Gasteiger partial charge in [-0.2, -0.15) is 0 Å². The smallest absolute Gasteiger partial charge is 0.0155 e. The van der Waals surface area contributed by atoms with E-state index in [-0.39, 0.29) is 0 Å². The van der Waals surface area contributed by atoms with Crippen LogP contribution in [0.3, 0.4) is 0 Å². The third-order valence-electron chi connectivity index (χ3n) is 1.33. The molecule has 0 atom stereocenters. The second-order valence-corrected chi connectivity index (χ2v) is 3.17. The second-order valence-electron chi connectivity index (χ2n) is 3.17. The molecule has 0 aliphatic carbocycles. The maximum atomic E-state index is 3.76. The van der Waals surface area contributed by atoms with Gasteiger partial charge in [0.2, 0.25) is 0 Å². The molecule has 2 nitrogen and oxygen atoms in total. The highest BCUT2D eigenvalue weighted by Crippen LogP contribution is 1.82. The van der Waals surface area contributed by atoms with E-state index in [4.69, 9.17) is 0 Å². The molecule has 2 N–H and O–H groups in total. The number of hydrogen-bond acceptors (Lipinski definition) is 2. The van der Waals surface area contributed by atoms with Crippen LogP contribution in [-0.4, -0.2) is 19.1 Å². The molecule has 0 aromatic heterocycles. The minimum absolute atomic E-state index is 0.597. The van der Waals surface area contributed by atoms with Gasteiger partial charge < -0.3 is 10.6 Å². The molecular weight excluding hydrogens is 136 g/mol. The van der Waals surface area contributed by atoms with E-state index in [2.05, 4.69) is 31.1 Å². The summed E-state index contributed by atoms with van der Waals surface area (Å²) in [5, 5.41) is 6.53. The van der Waals surface area contributed by atoms with Crippen molar-refractivity contribution in [2.75, 3.05) is 13.1 Å². The van der Waals surface area contributed by atoms with E-state index < -0.39 is 0 Å². The Morgan fingerprint density at radius 3 is 2.45 bits per heavy atom. The van der Waals surface area contributed by atoms with Crippen LogP contribution in [0.1, 0.15) is 27.2 Å². The molecule has 0 aromatic rings. The molecule has 0 aromatic carbocycles. The molecule has 0 radical (unpaired) electrons. The highest BCUT2D eigenvalue weighted by atomic mass is 14.9. The molecule has 0 aliphatic rings. The molecule has 0 saturated carbocycles. The average molecular weight is 156 g/mol. The van der Waals surface area contributed by atoms with Gasteiger partial charge in [-0.3, -0.25) is 0 Å². The fraction of sp³-hybridized carbons (Fsp3) is 0.778.